The van der Waals surface area contributed by atoms with E-state index in [0.717, 1.165) is 96.3 Å². The largest absolute Gasteiger partial charge is 0.462 e. The van der Waals surface area contributed by atoms with Crippen LogP contribution >= 0.6 is 0 Å². The van der Waals surface area contributed by atoms with E-state index < -0.39 is 18.2 Å². The van der Waals surface area contributed by atoms with Crippen molar-refractivity contribution in [3.63, 3.8) is 0 Å². The predicted molar refractivity (Wildman–Crippen MR) is 310 cm³/mol. The van der Waals surface area contributed by atoms with E-state index in [0.29, 0.717) is 19.3 Å². The number of hydrogen-bond donors (Lipinski definition) is 3. The van der Waals surface area contributed by atoms with Crippen LogP contribution in [0.5, 0.6) is 0 Å². The summed E-state index contributed by atoms with van der Waals surface area (Å²) in [7, 11) is 0. The summed E-state index contributed by atoms with van der Waals surface area (Å²) in [6.07, 6.45) is 76.4. The van der Waals surface area contributed by atoms with Crippen molar-refractivity contribution in [1.29, 1.82) is 0 Å². The Labute approximate surface area is 440 Å². The van der Waals surface area contributed by atoms with Crippen molar-refractivity contribution in [2.75, 3.05) is 6.61 Å². The maximum absolute atomic E-state index is 13.3. The predicted octanol–water partition coefficient (Wildman–Crippen LogP) is 19.1. The van der Waals surface area contributed by atoms with Crippen molar-refractivity contribution >= 4 is 11.9 Å². The molecule has 3 N–H and O–H groups in total. The lowest BCUT2D eigenvalue weighted by molar-refractivity contribution is -0.151. The first-order chi connectivity index (χ1) is 35.0. The summed E-state index contributed by atoms with van der Waals surface area (Å²) >= 11 is 0. The minimum atomic E-state index is -0.801. The summed E-state index contributed by atoms with van der Waals surface area (Å²) in [6.45, 7) is 6.39. The lowest BCUT2D eigenvalue weighted by atomic mass is 10.0. The van der Waals surface area contributed by atoms with Crippen LogP contribution in [0.1, 0.15) is 290 Å². The van der Waals surface area contributed by atoms with E-state index >= 15 is 0 Å². The Morgan fingerprint density at radius 2 is 0.803 bits per heavy atom. The standard InChI is InChI=1S/C65H115NO5/c1-4-7-10-13-16-19-22-25-28-31-34-37-40-43-46-49-52-55-58-65(70)71-61(56-53-50-47-44-41-38-35-32-29-26-23-20-17-14-11-8-5-2)59-64(69)66-62(60-67)63(68)57-54-51-48-45-42-39-36-33-30-27-24-21-18-15-12-9-6-3/h10,13,16-17,19-20,22,25-26,28-29,31,34,37,61-63,67-68H,4-9,11-12,14-15,18,21,23-24,27,30,32-33,35-36,38-60H2,1-3H3,(H,66,69)/b13-10+,19-16+,20-17-,25-22+,29-26-,31-28+,37-34+. The summed E-state index contributed by atoms with van der Waals surface area (Å²) in [5, 5.41) is 24.0. The number of esters is 1. The molecule has 6 heteroatoms. The van der Waals surface area contributed by atoms with Gasteiger partial charge in [-0.2, -0.15) is 0 Å². The van der Waals surface area contributed by atoms with Crippen molar-refractivity contribution in [3.8, 4) is 0 Å². The zero-order valence-electron chi connectivity index (χ0n) is 46.8. The molecule has 0 aromatic heterocycles. The van der Waals surface area contributed by atoms with Crippen LogP contribution in [0.2, 0.25) is 0 Å². The monoisotopic (exact) mass is 990 g/mol. The number of aliphatic hydroxyl groups is 2. The highest BCUT2D eigenvalue weighted by molar-refractivity contribution is 5.77. The number of nitrogens with one attached hydrogen (secondary N) is 1. The maximum Gasteiger partial charge on any atom is 0.306 e. The molecular formula is C65H115NO5. The highest BCUT2D eigenvalue weighted by Gasteiger charge is 2.24. The van der Waals surface area contributed by atoms with E-state index in [9.17, 15) is 19.8 Å². The van der Waals surface area contributed by atoms with Crippen LogP contribution in [-0.2, 0) is 14.3 Å². The first-order valence-corrected chi connectivity index (χ1v) is 30.4. The fourth-order valence-electron chi connectivity index (χ4n) is 8.96. The fraction of sp³-hybridized carbons (Fsp3) is 0.754. The topological polar surface area (TPSA) is 95.9 Å². The molecule has 0 saturated carbocycles. The molecule has 0 saturated heterocycles. The highest BCUT2D eigenvalue weighted by atomic mass is 16.5. The van der Waals surface area contributed by atoms with Gasteiger partial charge in [0, 0.05) is 6.42 Å². The molecule has 0 heterocycles. The third-order valence-corrected chi connectivity index (χ3v) is 13.6. The van der Waals surface area contributed by atoms with E-state index in [2.05, 4.69) is 86.8 Å². The Morgan fingerprint density at radius 3 is 1.28 bits per heavy atom. The quantitative estimate of drug-likeness (QED) is 0.0244. The SMILES string of the molecule is CCC/C=C/C=C/C=C/C=C/C=C/CCCCCCCC(=O)OC(CCCCCCCCC/C=C\C/C=C\CCCCC)CC(=O)NC(CO)C(O)CCCCCCCCCCCCCCCCCCC. The number of rotatable bonds is 54. The van der Waals surface area contributed by atoms with Gasteiger partial charge in [0.2, 0.25) is 5.91 Å². The van der Waals surface area contributed by atoms with Gasteiger partial charge in [0.25, 0.3) is 0 Å². The first-order valence-electron chi connectivity index (χ1n) is 30.4. The molecule has 0 bridgehead atoms. The molecular weight excluding hydrogens is 875 g/mol. The van der Waals surface area contributed by atoms with Gasteiger partial charge in [-0.15, -0.1) is 0 Å². The number of allylic oxidation sites excluding steroid dienone is 14. The minimum Gasteiger partial charge on any atom is -0.462 e. The van der Waals surface area contributed by atoms with E-state index in [1.165, 1.54) is 148 Å². The van der Waals surface area contributed by atoms with Crippen LogP contribution < -0.4 is 5.32 Å². The van der Waals surface area contributed by atoms with Crippen molar-refractivity contribution < 1.29 is 24.5 Å². The maximum atomic E-state index is 13.3. The van der Waals surface area contributed by atoms with Gasteiger partial charge in [0.15, 0.2) is 0 Å². The molecule has 6 nitrogen and oxygen atoms in total. The van der Waals surface area contributed by atoms with E-state index in [4.69, 9.17) is 4.74 Å². The Bertz CT molecular complexity index is 1340. The summed E-state index contributed by atoms with van der Waals surface area (Å²) < 4.78 is 5.96. The molecule has 0 radical (unpaired) electrons. The Balaban J connectivity index is 4.62. The van der Waals surface area contributed by atoms with Gasteiger partial charge in [-0.1, -0.05) is 286 Å². The lowest BCUT2D eigenvalue weighted by Gasteiger charge is -2.24. The van der Waals surface area contributed by atoms with Crippen molar-refractivity contribution in [3.05, 3.63) is 85.1 Å². The van der Waals surface area contributed by atoms with Crippen LogP contribution in [-0.4, -0.2) is 46.9 Å². The third-order valence-electron chi connectivity index (χ3n) is 13.6. The number of amides is 1. The molecule has 0 fully saturated rings. The van der Waals surface area contributed by atoms with Crippen molar-refractivity contribution in [1.82, 2.24) is 5.32 Å². The summed E-state index contributed by atoms with van der Waals surface area (Å²) in [5.41, 5.74) is 0. The van der Waals surface area contributed by atoms with E-state index in [1.807, 2.05) is 24.3 Å². The summed E-state index contributed by atoms with van der Waals surface area (Å²) in [6, 6.07) is -0.716. The van der Waals surface area contributed by atoms with Gasteiger partial charge >= 0.3 is 5.97 Å². The number of carbonyl (C=O) groups is 2. The van der Waals surface area contributed by atoms with E-state index in [1.54, 1.807) is 0 Å². The van der Waals surface area contributed by atoms with Crippen LogP contribution in [0.4, 0.5) is 0 Å². The molecule has 0 aliphatic heterocycles. The van der Waals surface area contributed by atoms with Gasteiger partial charge in [0.05, 0.1) is 25.2 Å². The number of ether oxygens (including phenoxy) is 1. The van der Waals surface area contributed by atoms with Gasteiger partial charge in [0.1, 0.15) is 6.10 Å². The number of aliphatic hydroxyl groups excluding tert-OH is 2. The van der Waals surface area contributed by atoms with Crippen molar-refractivity contribution in [2.24, 2.45) is 0 Å². The highest BCUT2D eigenvalue weighted by Crippen LogP contribution is 2.18. The molecule has 0 aromatic carbocycles. The Morgan fingerprint density at radius 1 is 0.423 bits per heavy atom. The average molecular weight is 991 g/mol. The molecule has 0 aliphatic rings. The smallest absolute Gasteiger partial charge is 0.306 e. The van der Waals surface area contributed by atoms with E-state index in [-0.39, 0.29) is 24.9 Å². The average Bonchev–Trinajstić information content (AvgIpc) is 3.36. The first kappa shape index (κ1) is 68.0. The second-order valence-corrected chi connectivity index (χ2v) is 20.5. The fourth-order valence-corrected chi connectivity index (χ4v) is 8.96. The molecule has 410 valence electrons. The molecule has 71 heavy (non-hydrogen) atoms. The molecule has 3 atom stereocenters. The normalized spacial score (nSPS) is 13.7. The van der Waals surface area contributed by atoms with Gasteiger partial charge in [-0.25, -0.2) is 0 Å². The van der Waals surface area contributed by atoms with Crippen LogP contribution in [0, 0.1) is 0 Å². The van der Waals surface area contributed by atoms with Gasteiger partial charge in [-0.05, 0) is 77.0 Å². The van der Waals surface area contributed by atoms with Crippen LogP contribution in [0.3, 0.4) is 0 Å². The van der Waals surface area contributed by atoms with Gasteiger partial charge in [-0.3, -0.25) is 9.59 Å². The molecule has 0 rings (SSSR count). The minimum absolute atomic E-state index is 0.0585. The van der Waals surface area contributed by atoms with Gasteiger partial charge < -0.3 is 20.3 Å². The number of carbonyl (C=O) groups excluding carboxylic acids is 2. The zero-order chi connectivity index (χ0) is 51.6. The zero-order valence-corrected chi connectivity index (χ0v) is 46.8. The second kappa shape index (κ2) is 57.9. The Hall–Kier alpha value is -2.96. The third kappa shape index (κ3) is 53.2. The Kier molecular flexibility index (Phi) is 55.5. The van der Waals surface area contributed by atoms with Crippen LogP contribution in [0.25, 0.3) is 0 Å². The molecule has 3 unspecified atom stereocenters. The summed E-state index contributed by atoms with van der Waals surface area (Å²) in [5.74, 6) is -0.506. The molecule has 0 aromatic rings. The number of unbranched alkanes of at least 4 members (excludes halogenated alkanes) is 32. The number of hydrogen-bond acceptors (Lipinski definition) is 5. The summed E-state index contributed by atoms with van der Waals surface area (Å²) in [4.78, 5) is 26.4. The van der Waals surface area contributed by atoms with Crippen LogP contribution in [0.15, 0.2) is 85.1 Å². The second-order valence-electron chi connectivity index (χ2n) is 20.5. The molecule has 0 spiro atoms. The molecule has 0 aliphatic carbocycles. The lowest BCUT2D eigenvalue weighted by Crippen LogP contribution is -2.46. The molecule has 1 amide bonds. The van der Waals surface area contributed by atoms with Crippen molar-refractivity contribution in [2.45, 2.75) is 309 Å².